The number of hydrogen-bond acceptors (Lipinski definition) is 9. The highest BCUT2D eigenvalue weighted by Gasteiger charge is 2.70. The highest BCUT2D eigenvalue weighted by molar-refractivity contribution is 6.00. The molecular formula is C35H37FN8O3. The van der Waals surface area contributed by atoms with Crippen LogP contribution in [-0.4, -0.2) is 73.5 Å². The molecule has 2 aliphatic heterocycles. The summed E-state index contributed by atoms with van der Waals surface area (Å²) in [7, 11) is 1.84. The van der Waals surface area contributed by atoms with Crippen molar-refractivity contribution in [1.82, 2.24) is 29.6 Å². The first-order chi connectivity index (χ1) is 22.7. The van der Waals surface area contributed by atoms with Gasteiger partial charge in [-0.25, -0.2) is 24.0 Å². The Labute approximate surface area is 272 Å². The van der Waals surface area contributed by atoms with Crippen molar-refractivity contribution < 1.29 is 18.7 Å². The highest BCUT2D eigenvalue weighted by Crippen LogP contribution is 2.65. The van der Waals surface area contributed by atoms with E-state index in [1.165, 1.54) is 0 Å². The van der Waals surface area contributed by atoms with E-state index in [0.29, 0.717) is 40.7 Å². The van der Waals surface area contributed by atoms with Gasteiger partial charge in [0, 0.05) is 36.7 Å². The number of fused-ring (bicyclic) bond motifs is 2. The van der Waals surface area contributed by atoms with Crippen molar-refractivity contribution in [3.63, 3.8) is 0 Å². The molecular weight excluding hydrogens is 599 g/mol. The van der Waals surface area contributed by atoms with Crippen LogP contribution >= 0.6 is 0 Å². The molecule has 5 aliphatic rings. The summed E-state index contributed by atoms with van der Waals surface area (Å²) in [6, 6.07) is 8.27. The average molecular weight is 637 g/mol. The molecule has 242 valence electrons. The van der Waals surface area contributed by atoms with E-state index < -0.39 is 5.82 Å². The Bertz CT molecular complexity index is 1910. The number of halogens is 1. The molecule has 11 nitrogen and oxygen atoms in total. The van der Waals surface area contributed by atoms with Crippen molar-refractivity contribution in [3.8, 4) is 22.9 Å². The van der Waals surface area contributed by atoms with Gasteiger partial charge in [0.2, 0.25) is 0 Å². The van der Waals surface area contributed by atoms with E-state index in [1.54, 1.807) is 4.90 Å². The second-order valence-electron chi connectivity index (χ2n) is 14.0. The van der Waals surface area contributed by atoms with E-state index in [1.807, 2.05) is 31.5 Å². The summed E-state index contributed by atoms with van der Waals surface area (Å²) in [5.74, 6) is 0.329. The fourth-order valence-electron chi connectivity index (χ4n) is 8.20. The number of piperidine rings is 1. The van der Waals surface area contributed by atoms with Gasteiger partial charge >= 0.3 is 0 Å². The lowest BCUT2D eigenvalue weighted by Gasteiger charge is -2.73. The predicted molar refractivity (Wildman–Crippen MR) is 171 cm³/mol. The number of anilines is 1. The van der Waals surface area contributed by atoms with Crippen LogP contribution in [0.2, 0.25) is 0 Å². The summed E-state index contributed by atoms with van der Waals surface area (Å²) < 4.78 is 27.1. The van der Waals surface area contributed by atoms with Gasteiger partial charge in [0.1, 0.15) is 17.6 Å². The highest BCUT2D eigenvalue weighted by atomic mass is 19.1. The van der Waals surface area contributed by atoms with Crippen LogP contribution < -0.4 is 9.64 Å². The molecule has 4 aromatic rings. The van der Waals surface area contributed by atoms with Crippen LogP contribution in [0.25, 0.3) is 22.2 Å². The molecule has 3 aliphatic carbocycles. The fraction of sp³-hybridized carbons (Fsp3) is 0.486. The van der Waals surface area contributed by atoms with Crippen molar-refractivity contribution in [2.75, 3.05) is 31.7 Å². The summed E-state index contributed by atoms with van der Waals surface area (Å²) in [4.78, 5) is 30.3. The summed E-state index contributed by atoms with van der Waals surface area (Å²) in [6.07, 6.45) is 10.1. The molecule has 3 aromatic heterocycles. The number of carbonyl (C=O) groups excluding carboxylic acids is 1. The molecule has 1 amide bonds. The van der Waals surface area contributed by atoms with Crippen LogP contribution in [0.15, 0.2) is 36.8 Å². The molecule has 0 radical (unpaired) electrons. The van der Waals surface area contributed by atoms with Gasteiger partial charge in [0.05, 0.1) is 53.7 Å². The van der Waals surface area contributed by atoms with Gasteiger partial charge in [-0.3, -0.25) is 14.6 Å². The zero-order valence-corrected chi connectivity index (χ0v) is 26.9. The molecule has 2 bridgehead atoms. The molecule has 1 aromatic carbocycles. The molecule has 1 saturated heterocycles. The number of pyridine rings is 1. The molecule has 0 spiro atoms. The molecule has 3 saturated carbocycles. The van der Waals surface area contributed by atoms with E-state index in [9.17, 15) is 14.4 Å². The number of methoxy groups -OCH3 is 1. The Balaban J connectivity index is 1.14. The quantitative estimate of drug-likeness (QED) is 0.264. The minimum atomic E-state index is -0.542. The van der Waals surface area contributed by atoms with Crippen LogP contribution in [0.1, 0.15) is 69.1 Å². The maximum absolute atomic E-state index is 13.4. The summed E-state index contributed by atoms with van der Waals surface area (Å²) >= 11 is 0. The van der Waals surface area contributed by atoms with Crippen molar-refractivity contribution in [1.29, 1.82) is 5.26 Å². The van der Waals surface area contributed by atoms with Crippen LogP contribution in [0.3, 0.4) is 0 Å². The lowest BCUT2D eigenvalue weighted by molar-refractivity contribution is -0.282. The summed E-state index contributed by atoms with van der Waals surface area (Å²) in [6.45, 7) is 6.22. The molecule has 4 fully saturated rings. The third-order valence-electron chi connectivity index (χ3n) is 10.6. The van der Waals surface area contributed by atoms with Crippen molar-refractivity contribution in [2.24, 2.45) is 5.92 Å². The van der Waals surface area contributed by atoms with Gasteiger partial charge in [0.25, 0.3) is 5.91 Å². The smallest absolute Gasteiger partial charge is 0.265 e. The number of likely N-dealkylation sites (tertiary alicyclic amines) is 1. The molecule has 9 rings (SSSR count). The fourth-order valence-corrected chi connectivity index (χ4v) is 8.20. The summed E-state index contributed by atoms with van der Waals surface area (Å²) in [5, 5.41) is 16.2. The van der Waals surface area contributed by atoms with Gasteiger partial charge in [-0.1, -0.05) is 19.9 Å². The molecule has 5 heterocycles. The largest absolute Gasteiger partial charge is 0.482 e. The maximum atomic E-state index is 13.4. The zero-order valence-electron chi connectivity index (χ0n) is 26.9. The maximum Gasteiger partial charge on any atom is 0.265 e. The average Bonchev–Trinajstić information content (AvgIpc) is 3.45. The Morgan fingerprint density at radius 2 is 1.89 bits per heavy atom. The van der Waals surface area contributed by atoms with Gasteiger partial charge < -0.3 is 9.47 Å². The number of rotatable bonds is 8. The number of nitrogens with zero attached hydrogens (tertiary/aromatic N) is 8. The number of aromatic nitrogens is 5. The second-order valence-corrected chi connectivity index (χ2v) is 14.0. The van der Waals surface area contributed by atoms with Crippen molar-refractivity contribution in [2.45, 2.75) is 76.1 Å². The number of carbonyl (C=O) groups is 1. The van der Waals surface area contributed by atoms with Gasteiger partial charge in [-0.05, 0) is 62.1 Å². The molecule has 47 heavy (non-hydrogen) atoms. The van der Waals surface area contributed by atoms with Crippen LogP contribution in [-0.2, 0) is 22.5 Å². The van der Waals surface area contributed by atoms with E-state index in [2.05, 4.69) is 39.5 Å². The molecule has 0 unspecified atom stereocenters. The molecule has 0 N–H and O–H groups in total. The third kappa shape index (κ3) is 4.86. The number of benzene rings is 1. The van der Waals surface area contributed by atoms with E-state index in [0.717, 1.165) is 85.4 Å². The predicted octanol–water partition coefficient (Wildman–Crippen LogP) is 4.98. The van der Waals surface area contributed by atoms with Gasteiger partial charge in [-0.2, -0.15) is 10.4 Å². The Kier molecular flexibility index (Phi) is 7.04. The van der Waals surface area contributed by atoms with Crippen LogP contribution in [0, 0.1) is 23.1 Å². The van der Waals surface area contributed by atoms with Crippen molar-refractivity contribution >= 4 is 22.6 Å². The Morgan fingerprint density at radius 1 is 1.15 bits per heavy atom. The standard InChI is InChI=1S/C35H37FN8O3/c1-21(2)10-27-25(12-37)32(22-4-5-28-29(11-22)47-17-31(45)43(28)16-30-38-13-23(36)14-39-30)26-15-40-44(33(26)41-27)24-6-8-42(9-7-24)34-18-35(19-34,20-34)46-3/h4-5,11,13-15,21,24H,6-10,16-20H2,1-3H3. The van der Waals surface area contributed by atoms with Crippen molar-refractivity contribution in [3.05, 3.63) is 59.7 Å². The monoisotopic (exact) mass is 636 g/mol. The van der Waals surface area contributed by atoms with E-state index in [4.69, 9.17) is 19.6 Å². The van der Waals surface area contributed by atoms with Gasteiger partial charge in [-0.15, -0.1) is 0 Å². The van der Waals surface area contributed by atoms with Gasteiger partial charge in [0.15, 0.2) is 18.1 Å². The molecule has 0 atom stereocenters. The first kappa shape index (κ1) is 29.9. The zero-order chi connectivity index (χ0) is 32.5. The van der Waals surface area contributed by atoms with E-state index in [-0.39, 0.29) is 30.7 Å². The number of amides is 1. The second kappa shape index (κ2) is 11.1. The SMILES string of the molecule is COC12CC(N3CCC(n4ncc5c(-c6ccc7c(c6)OCC(=O)N7Cc6ncc(F)cn6)c(C#N)c(CC(C)C)nc54)CC3)(C1)C2. The first-order valence-corrected chi connectivity index (χ1v) is 16.4. The minimum Gasteiger partial charge on any atom is -0.482 e. The third-order valence-corrected chi connectivity index (χ3v) is 10.6. The minimum absolute atomic E-state index is 0.0796. The normalized spacial score (nSPS) is 24.1. The lowest BCUT2D eigenvalue weighted by atomic mass is 9.45. The topological polar surface area (TPSA) is 122 Å². The first-order valence-electron chi connectivity index (χ1n) is 16.4. The Hall–Kier alpha value is -4.47. The molecule has 12 heteroatoms. The van der Waals surface area contributed by atoms with E-state index >= 15 is 0 Å². The lowest BCUT2D eigenvalue weighted by Crippen LogP contribution is -2.79. The number of ether oxygens (including phenoxy) is 2. The Morgan fingerprint density at radius 3 is 2.57 bits per heavy atom. The number of nitriles is 1. The number of hydrogen-bond donors (Lipinski definition) is 0. The van der Waals surface area contributed by atoms with Crippen LogP contribution in [0.4, 0.5) is 10.1 Å². The summed E-state index contributed by atoms with van der Waals surface area (Å²) in [5.41, 5.74) is 4.65. The van der Waals surface area contributed by atoms with Crippen LogP contribution in [0.5, 0.6) is 5.75 Å².